The summed E-state index contributed by atoms with van der Waals surface area (Å²) < 4.78 is 5.25. The van der Waals surface area contributed by atoms with Gasteiger partial charge in [0.05, 0.1) is 12.8 Å². The van der Waals surface area contributed by atoms with Crippen molar-refractivity contribution in [2.24, 2.45) is 0 Å². The molecule has 1 amide bonds. The first-order chi connectivity index (χ1) is 12.7. The number of aromatic nitrogens is 2. The molecule has 3 aromatic rings. The molecule has 1 N–H and O–H groups in total. The summed E-state index contributed by atoms with van der Waals surface area (Å²) >= 11 is 0. The average Bonchev–Trinajstić information content (AvgIpc) is 3.18. The number of benzene rings is 1. The number of amides is 1. The van der Waals surface area contributed by atoms with E-state index in [1.54, 1.807) is 18.4 Å². The quantitative estimate of drug-likeness (QED) is 0.782. The van der Waals surface area contributed by atoms with Gasteiger partial charge >= 0.3 is 0 Å². The maximum atomic E-state index is 12.5. The standard InChI is InChI=1S/C20H20N4O2/c1-14-22-17(20(25)21-13-16-8-5-11-26-16)12-19(23-14)24-10-4-7-15-6-2-3-9-18(15)24/h2-3,5-6,8-9,11-12H,4,7,10,13H2,1H3,(H,21,25). The van der Waals surface area contributed by atoms with E-state index >= 15 is 0 Å². The van der Waals surface area contributed by atoms with Crippen molar-refractivity contribution in [3.63, 3.8) is 0 Å². The van der Waals surface area contributed by atoms with Gasteiger partial charge in [-0.15, -0.1) is 0 Å². The van der Waals surface area contributed by atoms with Crippen molar-refractivity contribution in [3.8, 4) is 0 Å². The molecule has 0 bridgehead atoms. The minimum absolute atomic E-state index is 0.238. The SMILES string of the molecule is Cc1nc(C(=O)NCc2ccco2)cc(N2CCCc3ccccc32)n1. The van der Waals surface area contributed by atoms with E-state index in [2.05, 4.69) is 38.4 Å². The van der Waals surface area contributed by atoms with Gasteiger partial charge in [-0.05, 0) is 43.5 Å². The van der Waals surface area contributed by atoms with Crippen LogP contribution in [-0.2, 0) is 13.0 Å². The van der Waals surface area contributed by atoms with E-state index in [0.29, 0.717) is 23.8 Å². The summed E-state index contributed by atoms with van der Waals surface area (Å²) in [6.07, 6.45) is 3.70. The Bertz CT molecular complexity index is 921. The van der Waals surface area contributed by atoms with Crippen LogP contribution in [0.3, 0.4) is 0 Å². The maximum Gasteiger partial charge on any atom is 0.270 e. The molecule has 0 saturated heterocycles. The number of anilines is 2. The first-order valence-electron chi connectivity index (χ1n) is 8.72. The second-order valence-corrected chi connectivity index (χ2v) is 6.30. The monoisotopic (exact) mass is 348 g/mol. The van der Waals surface area contributed by atoms with Crippen molar-refractivity contribution < 1.29 is 9.21 Å². The number of carbonyl (C=O) groups is 1. The van der Waals surface area contributed by atoms with Gasteiger partial charge in [0.15, 0.2) is 0 Å². The molecule has 0 fully saturated rings. The number of carbonyl (C=O) groups excluding carboxylic acids is 1. The fourth-order valence-corrected chi connectivity index (χ4v) is 3.25. The third kappa shape index (κ3) is 3.31. The molecule has 6 nitrogen and oxygen atoms in total. The van der Waals surface area contributed by atoms with Crippen LogP contribution in [0.2, 0.25) is 0 Å². The lowest BCUT2D eigenvalue weighted by Gasteiger charge is -2.30. The number of nitrogens with zero attached hydrogens (tertiary/aromatic N) is 3. The normalized spacial score (nSPS) is 13.3. The second kappa shape index (κ2) is 7.00. The van der Waals surface area contributed by atoms with E-state index < -0.39 is 0 Å². The van der Waals surface area contributed by atoms with Crippen molar-refractivity contribution in [1.82, 2.24) is 15.3 Å². The molecule has 1 aromatic carbocycles. The van der Waals surface area contributed by atoms with Gasteiger partial charge in [-0.1, -0.05) is 18.2 Å². The lowest BCUT2D eigenvalue weighted by molar-refractivity contribution is 0.0942. The Hall–Kier alpha value is -3.15. The van der Waals surface area contributed by atoms with Crippen LogP contribution in [-0.4, -0.2) is 22.4 Å². The highest BCUT2D eigenvalue weighted by Gasteiger charge is 2.21. The average molecular weight is 348 g/mol. The van der Waals surface area contributed by atoms with Crippen molar-refractivity contribution in [2.75, 3.05) is 11.4 Å². The molecular weight excluding hydrogens is 328 g/mol. The number of hydrogen-bond donors (Lipinski definition) is 1. The van der Waals surface area contributed by atoms with E-state index in [9.17, 15) is 4.79 Å². The Balaban J connectivity index is 1.60. The summed E-state index contributed by atoms with van der Waals surface area (Å²) in [4.78, 5) is 23.5. The van der Waals surface area contributed by atoms with Crippen molar-refractivity contribution in [3.05, 3.63) is 71.6 Å². The smallest absolute Gasteiger partial charge is 0.270 e. The molecule has 132 valence electrons. The number of hydrogen-bond acceptors (Lipinski definition) is 5. The Kier molecular flexibility index (Phi) is 4.39. The van der Waals surface area contributed by atoms with Crippen LogP contribution in [0.1, 0.15) is 34.1 Å². The summed E-state index contributed by atoms with van der Waals surface area (Å²) in [5, 5.41) is 2.84. The number of aryl methyl sites for hydroxylation is 2. The molecule has 0 atom stereocenters. The molecule has 1 aliphatic heterocycles. The molecule has 0 saturated carbocycles. The third-order valence-electron chi connectivity index (χ3n) is 4.45. The number of furan rings is 1. The third-order valence-corrected chi connectivity index (χ3v) is 4.45. The summed E-state index contributed by atoms with van der Waals surface area (Å²) in [5.41, 5.74) is 2.82. The van der Waals surface area contributed by atoms with E-state index in [1.165, 1.54) is 5.56 Å². The number of para-hydroxylation sites is 1. The summed E-state index contributed by atoms with van der Waals surface area (Å²) in [7, 11) is 0. The number of nitrogens with one attached hydrogen (secondary N) is 1. The zero-order chi connectivity index (χ0) is 17.9. The Labute approximate surface area is 151 Å². The van der Waals surface area contributed by atoms with Crippen molar-refractivity contribution >= 4 is 17.4 Å². The molecule has 0 radical (unpaired) electrons. The van der Waals surface area contributed by atoms with Gasteiger partial charge in [-0.25, -0.2) is 9.97 Å². The highest BCUT2D eigenvalue weighted by Crippen LogP contribution is 2.32. The minimum Gasteiger partial charge on any atom is -0.467 e. The second-order valence-electron chi connectivity index (χ2n) is 6.30. The van der Waals surface area contributed by atoms with Crippen LogP contribution in [0.15, 0.2) is 53.1 Å². The Morgan fingerprint density at radius 2 is 2.12 bits per heavy atom. The molecular formula is C20H20N4O2. The fourth-order valence-electron chi connectivity index (χ4n) is 3.25. The van der Waals surface area contributed by atoms with Crippen molar-refractivity contribution in [2.45, 2.75) is 26.3 Å². The lowest BCUT2D eigenvalue weighted by atomic mass is 10.0. The molecule has 26 heavy (non-hydrogen) atoms. The zero-order valence-corrected chi connectivity index (χ0v) is 14.6. The van der Waals surface area contributed by atoms with E-state index in [1.807, 2.05) is 19.1 Å². The number of fused-ring (bicyclic) bond motifs is 1. The summed E-state index contributed by atoms with van der Waals surface area (Å²) in [6, 6.07) is 13.7. The first kappa shape index (κ1) is 16.3. The molecule has 6 heteroatoms. The van der Waals surface area contributed by atoms with Gasteiger partial charge in [-0.2, -0.15) is 0 Å². The first-order valence-corrected chi connectivity index (χ1v) is 8.72. The van der Waals surface area contributed by atoms with Gasteiger partial charge < -0.3 is 14.6 Å². The maximum absolute atomic E-state index is 12.5. The minimum atomic E-state index is -0.238. The van der Waals surface area contributed by atoms with E-state index in [4.69, 9.17) is 4.42 Å². The van der Waals surface area contributed by atoms with Crippen molar-refractivity contribution in [1.29, 1.82) is 0 Å². The van der Waals surface area contributed by atoms with Gasteiger partial charge in [0.1, 0.15) is 23.1 Å². The van der Waals surface area contributed by atoms with Gasteiger partial charge in [0, 0.05) is 18.3 Å². The molecule has 4 rings (SSSR count). The molecule has 0 spiro atoms. The number of rotatable bonds is 4. The Morgan fingerprint density at radius 3 is 2.96 bits per heavy atom. The van der Waals surface area contributed by atoms with E-state index in [0.717, 1.165) is 30.9 Å². The highest BCUT2D eigenvalue weighted by atomic mass is 16.3. The predicted octanol–water partition coefficient (Wildman–Crippen LogP) is 3.39. The van der Waals surface area contributed by atoms with E-state index in [-0.39, 0.29) is 5.91 Å². The van der Waals surface area contributed by atoms with Gasteiger partial charge in [0.25, 0.3) is 5.91 Å². The molecule has 3 heterocycles. The predicted molar refractivity (Wildman–Crippen MR) is 98.4 cm³/mol. The topological polar surface area (TPSA) is 71.3 Å². The van der Waals surface area contributed by atoms with Gasteiger partial charge in [0.2, 0.25) is 0 Å². The highest BCUT2D eigenvalue weighted by molar-refractivity contribution is 5.93. The van der Waals surface area contributed by atoms with Crippen LogP contribution in [0.4, 0.5) is 11.5 Å². The van der Waals surface area contributed by atoms with Crippen LogP contribution >= 0.6 is 0 Å². The van der Waals surface area contributed by atoms with Crippen LogP contribution in [0, 0.1) is 6.92 Å². The van der Waals surface area contributed by atoms with Gasteiger partial charge in [-0.3, -0.25) is 4.79 Å². The molecule has 0 unspecified atom stereocenters. The molecule has 0 aliphatic carbocycles. The summed E-state index contributed by atoms with van der Waals surface area (Å²) in [6.45, 7) is 3.01. The molecule has 1 aliphatic rings. The fraction of sp³-hybridized carbons (Fsp3) is 0.250. The van der Waals surface area contributed by atoms with Crippen LogP contribution in [0.5, 0.6) is 0 Å². The van der Waals surface area contributed by atoms with Crippen LogP contribution < -0.4 is 10.2 Å². The largest absolute Gasteiger partial charge is 0.467 e. The Morgan fingerprint density at radius 1 is 1.23 bits per heavy atom. The molecule has 2 aromatic heterocycles. The lowest BCUT2D eigenvalue weighted by Crippen LogP contribution is -2.28. The van der Waals surface area contributed by atoms with Crippen LogP contribution in [0.25, 0.3) is 0 Å². The summed E-state index contributed by atoms with van der Waals surface area (Å²) in [5.74, 6) is 1.80. The zero-order valence-electron chi connectivity index (χ0n) is 14.6.